The largest absolute Gasteiger partial charge is 0.492 e. The molecule has 2 unspecified atom stereocenters. The summed E-state index contributed by atoms with van der Waals surface area (Å²) in [5.41, 5.74) is 2.34. The molecule has 2 amide bonds. The Kier molecular flexibility index (Phi) is 6.23. The van der Waals surface area contributed by atoms with Gasteiger partial charge in [0.2, 0.25) is 0 Å². The molecule has 2 heterocycles. The molecular formula is C24H29FN4O2. The molecule has 0 N–H and O–H groups in total. The maximum Gasteiger partial charge on any atom is 0.341 e. The molecule has 0 saturated carbocycles. The molecule has 31 heavy (non-hydrogen) atoms. The lowest BCUT2D eigenvalue weighted by atomic mass is 9.86. The van der Waals surface area contributed by atoms with Crippen LogP contribution in [-0.2, 0) is 0 Å². The van der Waals surface area contributed by atoms with Crippen LogP contribution in [0, 0.1) is 11.7 Å². The van der Waals surface area contributed by atoms with E-state index in [0.29, 0.717) is 36.7 Å². The van der Waals surface area contributed by atoms with Crippen molar-refractivity contribution in [1.82, 2.24) is 14.8 Å². The molecule has 0 bridgehead atoms. The Morgan fingerprint density at radius 2 is 1.97 bits per heavy atom. The van der Waals surface area contributed by atoms with Crippen LogP contribution >= 0.6 is 0 Å². The van der Waals surface area contributed by atoms with Gasteiger partial charge in [0.25, 0.3) is 0 Å². The number of rotatable bonds is 6. The molecule has 0 radical (unpaired) electrons. The first-order chi connectivity index (χ1) is 15.0. The summed E-state index contributed by atoms with van der Waals surface area (Å²) in [5, 5.41) is 6.35. The van der Waals surface area contributed by atoms with Crippen molar-refractivity contribution >= 4 is 11.7 Å². The van der Waals surface area contributed by atoms with Crippen LogP contribution in [0.2, 0.25) is 0 Å². The summed E-state index contributed by atoms with van der Waals surface area (Å²) in [4.78, 5) is 17.5. The van der Waals surface area contributed by atoms with Crippen LogP contribution < -0.4 is 4.74 Å². The van der Waals surface area contributed by atoms with Gasteiger partial charge in [-0.25, -0.2) is 14.2 Å². The summed E-state index contributed by atoms with van der Waals surface area (Å²) in [7, 11) is 4.05. The van der Waals surface area contributed by atoms with Crippen LogP contribution in [-0.4, -0.2) is 66.9 Å². The van der Waals surface area contributed by atoms with Crippen LogP contribution in [0.15, 0.2) is 53.6 Å². The van der Waals surface area contributed by atoms with Crippen molar-refractivity contribution in [3.63, 3.8) is 0 Å². The first-order valence-corrected chi connectivity index (χ1v) is 10.8. The highest BCUT2D eigenvalue weighted by Crippen LogP contribution is 2.43. The van der Waals surface area contributed by atoms with E-state index in [0.717, 1.165) is 18.5 Å². The number of amides is 2. The number of nitrogens with zero attached hydrogens (tertiary/aromatic N) is 4. The normalized spacial score (nSPS) is 19.5. The minimum Gasteiger partial charge on any atom is -0.492 e. The fourth-order valence-corrected chi connectivity index (χ4v) is 4.30. The molecule has 2 aromatic carbocycles. The quantitative estimate of drug-likeness (QED) is 0.705. The second-order valence-electron chi connectivity index (χ2n) is 8.26. The predicted molar refractivity (Wildman–Crippen MR) is 119 cm³/mol. The predicted octanol–water partition coefficient (Wildman–Crippen LogP) is 3.99. The van der Waals surface area contributed by atoms with E-state index in [1.165, 1.54) is 12.1 Å². The summed E-state index contributed by atoms with van der Waals surface area (Å²) in [6, 6.07) is 13.9. The fraction of sp³-hybridized carbons (Fsp3) is 0.417. The van der Waals surface area contributed by atoms with E-state index in [1.54, 1.807) is 11.1 Å². The zero-order chi connectivity index (χ0) is 22.0. The summed E-state index contributed by atoms with van der Waals surface area (Å²) in [6.45, 7) is 4.54. The third kappa shape index (κ3) is 4.28. The first kappa shape index (κ1) is 21.3. The van der Waals surface area contributed by atoms with Gasteiger partial charge in [0.15, 0.2) is 0 Å². The molecule has 0 saturated heterocycles. The molecule has 2 aliphatic rings. The van der Waals surface area contributed by atoms with Gasteiger partial charge in [0.1, 0.15) is 11.6 Å². The number of halogens is 1. The van der Waals surface area contributed by atoms with E-state index in [-0.39, 0.29) is 23.8 Å². The zero-order valence-corrected chi connectivity index (χ0v) is 18.3. The van der Waals surface area contributed by atoms with Gasteiger partial charge in [0.05, 0.1) is 24.3 Å². The van der Waals surface area contributed by atoms with E-state index in [9.17, 15) is 9.18 Å². The van der Waals surface area contributed by atoms with E-state index in [4.69, 9.17) is 9.84 Å². The minimum atomic E-state index is -0.342. The second kappa shape index (κ2) is 9.06. The van der Waals surface area contributed by atoms with Crippen LogP contribution in [0.3, 0.4) is 0 Å². The molecule has 2 aliphatic heterocycles. The van der Waals surface area contributed by atoms with E-state index in [2.05, 4.69) is 4.90 Å². The van der Waals surface area contributed by atoms with E-state index in [1.807, 2.05) is 56.3 Å². The average Bonchev–Trinajstić information content (AvgIpc) is 3.17. The fourth-order valence-electron chi connectivity index (χ4n) is 4.30. The van der Waals surface area contributed by atoms with Gasteiger partial charge in [-0.3, -0.25) is 0 Å². The third-order valence-corrected chi connectivity index (χ3v) is 5.87. The highest BCUT2D eigenvalue weighted by molar-refractivity contribution is 6.07. The van der Waals surface area contributed by atoms with Crippen molar-refractivity contribution in [3.8, 4) is 5.75 Å². The van der Waals surface area contributed by atoms with Crippen LogP contribution in [0.5, 0.6) is 5.75 Å². The Labute approximate surface area is 182 Å². The Bertz CT molecular complexity index is 963. The summed E-state index contributed by atoms with van der Waals surface area (Å²) < 4.78 is 20.0. The van der Waals surface area contributed by atoms with E-state index < -0.39 is 0 Å². The van der Waals surface area contributed by atoms with Crippen LogP contribution in [0.1, 0.15) is 30.5 Å². The molecule has 0 fully saturated rings. The van der Waals surface area contributed by atoms with E-state index >= 15 is 0 Å². The molecule has 0 aromatic heterocycles. The first-order valence-electron chi connectivity index (χ1n) is 10.8. The number of fused-ring (bicyclic) bond motifs is 3. The minimum absolute atomic E-state index is 0.130. The van der Waals surface area contributed by atoms with Gasteiger partial charge in [-0.05, 0) is 57.7 Å². The number of hydrazone groups is 1. The second-order valence-corrected chi connectivity index (χ2v) is 8.26. The van der Waals surface area contributed by atoms with Crippen molar-refractivity contribution in [2.75, 3.05) is 40.3 Å². The third-order valence-electron chi connectivity index (χ3n) is 5.87. The standard InChI is InChI=1S/C24H29FN4O2/c1-4-28(14-8-13-27(2)3)24(30)29-23(17-9-6-5-7-10-17)20-16-31-21-12-11-18(25)15-19(21)22(20)26-29/h5-7,9-12,15,20,23H,4,8,13-14,16H2,1-3H3. The molecule has 4 rings (SSSR count). The zero-order valence-electron chi connectivity index (χ0n) is 18.3. The van der Waals surface area contributed by atoms with Gasteiger partial charge in [-0.2, -0.15) is 5.10 Å². The van der Waals surface area contributed by atoms with Crippen molar-refractivity contribution in [3.05, 3.63) is 65.5 Å². The number of urea groups is 1. The van der Waals surface area contributed by atoms with Crippen molar-refractivity contribution < 1.29 is 13.9 Å². The monoisotopic (exact) mass is 424 g/mol. The molecular weight excluding hydrogens is 395 g/mol. The highest BCUT2D eigenvalue weighted by atomic mass is 19.1. The molecule has 0 spiro atoms. The van der Waals surface area contributed by atoms with Gasteiger partial charge in [-0.15, -0.1) is 0 Å². The topological polar surface area (TPSA) is 48.4 Å². The molecule has 164 valence electrons. The molecule has 2 atom stereocenters. The maximum absolute atomic E-state index is 14.0. The summed E-state index contributed by atoms with van der Waals surface area (Å²) in [5.74, 6) is 0.114. The van der Waals surface area contributed by atoms with Crippen LogP contribution in [0.4, 0.5) is 9.18 Å². The molecule has 2 aromatic rings. The molecule has 7 heteroatoms. The number of ether oxygens (including phenoxy) is 1. The maximum atomic E-state index is 14.0. The van der Waals surface area contributed by atoms with Gasteiger partial charge in [-0.1, -0.05) is 30.3 Å². The van der Waals surface area contributed by atoms with Gasteiger partial charge in [0, 0.05) is 18.7 Å². The van der Waals surface area contributed by atoms with Crippen molar-refractivity contribution in [1.29, 1.82) is 0 Å². The highest BCUT2D eigenvalue weighted by Gasteiger charge is 2.46. The molecule has 6 nitrogen and oxygen atoms in total. The Morgan fingerprint density at radius 1 is 1.19 bits per heavy atom. The Balaban J connectivity index is 1.69. The summed E-state index contributed by atoms with van der Waals surface area (Å²) >= 11 is 0. The van der Waals surface area contributed by atoms with Gasteiger partial charge < -0.3 is 14.5 Å². The Morgan fingerprint density at radius 3 is 2.68 bits per heavy atom. The average molecular weight is 425 g/mol. The van der Waals surface area contributed by atoms with Crippen molar-refractivity contribution in [2.45, 2.75) is 19.4 Å². The summed E-state index contributed by atoms with van der Waals surface area (Å²) in [6.07, 6.45) is 0.883. The number of benzene rings is 2. The Hall–Kier alpha value is -2.93. The lowest BCUT2D eigenvalue weighted by molar-refractivity contribution is 0.126. The molecule has 0 aliphatic carbocycles. The lowest BCUT2D eigenvalue weighted by Crippen LogP contribution is -2.43. The van der Waals surface area contributed by atoms with Gasteiger partial charge >= 0.3 is 6.03 Å². The smallest absolute Gasteiger partial charge is 0.341 e. The SMILES string of the molecule is CCN(CCCN(C)C)C(=O)N1N=C2c3cc(F)ccc3OCC2C1c1ccccc1. The lowest BCUT2D eigenvalue weighted by Gasteiger charge is -2.32. The number of hydrogen-bond donors (Lipinski definition) is 0. The number of carbonyl (C=O) groups is 1. The van der Waals surface area contributed by atoms with Crippen LogP contribution in [0.25, 0.3) is 0 Å². The van der Waals surface area contributed by atoms with Crippen molar-refractivity contribution in [2.24, 2.45) is 11.0 Å². The number of hydrogen-bond acceptors (Lipinski definition) is 4. The number of carbonyl (C=O) groups excluding carboxylic acids is 1.